The van der Waals surface area contributed by atoms with Gasteiger partial charge in [0.15, 0.2) is 11.9 Å². The first kappa shape index (κ1) is 49.3. The number of benzene rings is 1. The second-order valence-electron chi connectivity index (χ2n) is 15.0. The molecule has 2 aromatic heterocycles. The summed E-state index contributed by atoms with van der Waals surface area (Å²) in [5.74, 6) is -5.43. The average Bonchev–Trinajstić information content (AvgIpc) is 3.94. The highest BCUT2D eigenvalue weighted by atomic mass is 16.4. The van der Waals surface area contributed by atoms with Gasteiger partial charge in [0, 0.05) is 56.1 Å². The Labute approximate surface area is 358 Å². The van der Waals surface area contributed by atoms with E-state index in [-0.39, 0.29) is 82.3 Å². The predicted molar refractivity (Wildman–Crippen MR) is 229 cm³/mol. The Morgan fingerprint density at radius 1 is 0.629 bits per heavy atom. The number of carbonyl (C=O) groups excluding carboxylic acids is 5. The molecule has 0 bridgehead atoms. The third kappa shape index (κ3) is 18.1. The highest BCUT2D eigenvalue weighted by molar-refractivity contribution is 5.96. The molecule has 0 aliphatic carbocycles. The van der Waals surface area contributed by atoms with Crippen LogP contribution in [0.25, 0.3) is 0 Å². The Balaban J connectivity index is 1.91. The number of guanidine groups is 2. The lowest BCUT2D eigenvalue weighted by Crippen LogP contribution is -2.60. The van der Waals surface area contributed by atoms with Gasteiger partial charge in [0.2, 0.25) is 29.5 Å². The molecule has 0 aliphatic rings. The molecule has 1 aromatic carbocycles. The molecule has 3 rings (SSSR count). The average molecular weight is 865 g/mol. The van der Waals surface area contributed by atoms with Crippen LogP contribution in [-0.2, 0) is 48.0 Å². The van der Waals surface area contributed by atoms with E-state index in [1.54, 1.807) is 44.2 Å². The van der Waals surface area contributed by atoms with Crippen LogP contribution in [-0.4, -0.2) is 122 Å². The van der Waals surface area contributed by atoms with Crippen LogP contribution < -0.4 is 55.3 Å². The van der Waals surface area contributed by atoms with E-state index >= 15 is 0 Å². The minimum absolute atomic E-state index is 0.0146. The minimum Gasteiger partial charge on any atom is -0.480 e. The van der Waals surface area contributed by atoms with Gasteiger partial charge in [-0.05, 0) is 43.6 Å². The van der Waals surface area contributed by atoms with Crippen molar-refractivity contribution in [1.82, 2.24) is 46.5 Å². The van der Waals surface area contributed by atoms with Crippen LogP contribution in [0, 0.1) is 5.92 Å². The van der Waals surface area contributed by atoms with E-state index in [1.807, 2.05) is 0 Å². The van der Waals surface area contributed by atoms with Crippen LogP contribution in [0.15, 0.2) is 65.4 Å². The normalized spacial score (nSPS) is 13.9. The maximum atomic E-state index is 14.2. The van der Waals surface area contributed by atoms with Gasteiger partial charge in [0.25, 0.3) is 0 Å². The largest absolute Gasteiger partial charge is 0.480 e. The second-order valence-corrected chi connectivity index (χ2v) is 15.0. The molecule has 62 heavy (non-hydrogen) atoms. The van der Waals surface area contributed by atoms with E-state index in [0.717, 1.165) is 0 Å². The fraction of sp³-hybridized carbons (Fsp3) is 0.487. The number of nitrogens with two attached hydrogens (primary N) is 5. The second kappa shape index (κ2) is 25.6. The highest BCUT2D eigenvalue weighted by Gasteiger charge is 2.33. The predicted octanol–water partition coefficient (Wildman–Crippen LogP) is -2.85. The molecule has 0 spiro atoms. The van der Waals surface area contributed by atoms with E-state index in [0.29, 0.717) is 17.0 Å². The lowest BCUT2D eigenvalue weighted by Gasteiger charge is -2.27. The minimum atomic E-state index is -1.32. The van der Waals surface area contributed by atoms with E-state index in [4.69, 9.17) is 28.7 Å². The van der Waals surface area contributed by atoms with E-state index in [1.165, 1.54) is 25.0 Å². The van der Waals surface area contributed by atoms with Gasteiger partial charge in [-0.1, -0.05) is 44.2 Å². The Kier molecular flexibility index (Phi) is 20.3. The summed E-state index contributed by atoms with van der Waals surface area (Å²) in [6.45, 7) is 3.78. The molecule has 0 aliphatic heterocycles. The summed E-state index contributed by atoms with van der Waals surface area (Å²) in [7, 11) is 0. The van der Waals surface area contributed by atoms with E-state index in [9.17, 15) is 33.9 Å². The van der Waals surface area contributed by atoms with Gasteiger partial charge in [-0.15, -0.1) is 0 Å². The molecule has 3 aromatic rings. The summed E-state index contributed by atoms with van der Waals surface area (Å²) in [5, 5.41) is 23.1. The first-order valence-electron chi connectivity index (χ1n) is 20.1. The maximum Gasteiger partial charge on any atom is 0.326 e. The van der Waals surface area contributed by atoms with Crippen LogP contribution in [0.3, 0.4) is 0 Å². The highest BCUT2D eigenvalue weighted by Crippen LogP contribution is 2.11. The Morgan fingerprint density at radius 3 is 1.52 bits per heavy atom. The SMILES string of the molecule is CC(C)C[C@H](NC(=O)[C@H](Cc1cnc[nH]1)NC(=O)[C@H](CCCN=C(N)N)NC(=O)[C@H](CCCN=C(N)N)NC(=O)[C@H](Cc1ccccc1)NC(=O)[C@@H](N)Cc1cnc[nH]1)C(=O)O. The molecule has 18 N–H and O–H groups in total. The number of carboxylic acids is 1. The van der Waals surface area contributed by atoms with Crippen molar-refractivity contribution in [3.63, 3.8) is 0 Å². The lowest BCUT2D eigenvalue weighted by molar-refractivity contribution is -0.142. The van der Waals surface area contributed by atoms with Crippen molar-refractivity contribution in [3.8, 4) is 0 Å². The topological polar surface area (TPSA) is 395 Å². The summed E-state index contributed by atoms with van der Waals surface area (Å²) in [6, 6.07) is 1.45. The number of hydrogen-bond donors (Lipinski definition) is 13. The van der Waals surface area contributed by atoms with Crippen molar-refractivity contribution in [2.45, 2.75) is 101 Å². The maximum absolute atomic E-state index is 14.2. The molecule has 5 amide bonds. The number of aromatic amines is 2. The van der Waals surface area contributed by atoms with Crippen LogP contribution in [0.2, 0.25) is 0 Å². The van der Waals surface area contributed by atoms with Gasteiger partial charge >= 0.3 is 5.97 Å². The van der Waals surface area contributed by atoms with Crippen LogP contribution in [0.1, 0.15) is 62.9 Å². The molecule has 6 atom stereocenters. The Hall–Kier alpha value is -7.04. The molecule has 0 saturated heterocycles. The van der Waals surface area contributed by atoms with E-state index in [2.05, 4.69) is 56.5 Å². The molecular weight excluding hydrogens is 805 g/mol. The van der Waals surface area contributed by atoms with Crippen molar-refractivity contribution in [3.05, 3.63) is 72.3 Å². The molecule has 0 unspecified atom stereocenters. The van der Waals surface area contributed by atoms with E-state index < -0.39 is 71.8 Å². The fourth-order valence-corrected chi connectivity index (χ4v) is 6.22. The van der Waals surface area contributed by atoms with Crippen molar-refractivity contribution in [2.75, 3.05) is 13.1 Å². The quantitative estimate of drug-likeness (QED) is 0.0209. The number of carbonyl (C=O) groups is 6. The molecule has 23 heteroatoms. The summed E-state index contributed by atoms with van der Waals surface area (Å²) in [6.07, 6.45) is 6.30. The standard InChI is InChI=1S/C39H60N16O7/c1-22(2)14-31(37(61)62)55-36(60)30(17-25-19-46-21-50-25)54-34(58)28(11-7-13-48-39(43)44)51-33(57)27(10-6-12-47-38(41)42)52-35(59)29(15-23-8-4-3-5-9-23)53-32(56)26(40)16-24-18-45-20-49-24/h3-5,8-9,18-22,26-31H,6-7,10-17,40H2,1-2H3,(H,45,49)(H,46,50)(H,51,57)(H,52,59)(H,53,56)(H,54,58)(H,55,60)(H,61,62)(H4,41,42,47)(H4,43,44,48)/t26-,27-,28-,29-,30-,31-/m0/s1. The monoisotopic (exact) mass is 864 g/mol. The number of H-pyrrole nitrogens is 2. The summed E-state index contributed by atoms with van der Waals surface area (Å²) >= 11 is 0. The molecule has 0 saturated carbocycles. The number of aliphatic imine (C=N–C) groups is 2. The van der Waals surface area contributed by atoms with Crippen LogP contribution in [0.4, 0.5) is 0 Å². The molecular formula is C39H60N16O7. The number of aliphatic carboxylic acids is 1. The third-order valence-corrected chi connectivity index (χ3v) is 9.34. The zero-order chi connectivity index (χ0) is 45.6. The Bertz CT molecular complexity index is 1930. The van der Waals surface area contributed by atoms with Crippen LogP contribution >= 0.6 is 0 Å². The lowest BCUT2D eigenvalue weighted by atomic mass is 10.0. The third-order valence-electron chi connectivity index (χ3n) is 9.34. The number of rotatable bonds is 27. The van der Waals surface area contributed by atoms with Crippen molar-refractivity contribution >= 4 is 47.4 Å². The summed E-state index contributed by atoms with van der Waals surface area (Å²) in [4.78, 5) is 103. The summed E-state index contributed by atoms with van der Waals surface area (Å²) in [5.41, 5.74) is 30.0. The Morgan fingerprint density at radius 2 is 1.06 bits per heavy atom. The van der Waals surface area contributed by atoms with Gasteiger partial charge in [-0.25, -0.2) is 14.8 Å². The van der Waals surface area contributed by atoms with Gasteiger partial charge in [-0.3, -0.25) is 34.0 Å². The molecule has 2 heterocycles. The molecule has 338 valence electrons. The van der Waals surface area contributed by atoms with Crippen molar-refractivity contribution in [1.29, 1.82) is 0 Å². The molecule has 23 nitrogen and oxygen atoms in total. The number of nitrogens with zero attached hydrogens (tertiary/aromatic N) is 4. The van der Waals surface area contributed by atoms with Crippen molar-refractivity contribution in [2.24, 2.45) is 44.6 Å². The first-order valence-corrected chi connectivity index (χ1v) is 20.1. The number of carboxylic acid groups (broad SMARTS) is 1. The first-order chi connectivity index (χ1) is 29.5. The van der Waals surface area contributed by atoms with Crippen molar-refractivity contribution < 1.29 is 33.9 Å². The summed E-state index contributed by atoms with van der Waals surface area (Å²) < 4.78 is 0. The van der Waals surface area contributed by atoms with Crippen LogP contribution in [0.5, 0.6) is 0 Å². The number of nitrogens with one attached hydrogen (secondary N) is 7. The number of imidazole rings is 2. The van der Waals surface area contributed by atoms with Gasteiger partial charge in [0.1, 0.15) is 30.2 Å². The zero-order valence-electron chi connectivity index (χ0n) is 34.9. The molecule has 0 radical (unpaired) electrons. The van der Waals surface area contributed by atoms with Gasteiger partial charge in [-0.2, -0.15) is 0 Å². The number of amides is 5. The number of aromatic nitrogens is 4. The molecule has 0 fully saturated rings. The fourth-order valence-electron chi connectivity index (χ4n) is 6.22. The smallest absolute Gasteiger partial charge is 0.326 e. The van der Waals surface area contributed by atoms with Gasteiger partial charge in [0.05, 0.1) is 18.7 Å². The zero-order valence-corrected chi connectivity index (χ0v) is 34.9. The van der Waals surface area contributed by atoms with Gasteiger partial charge < -0.3 is 70.3 Å². The number of hydrogen-bond acceptors (Lipinski definition) is 11.